The van der Waals surface area contributed by atoms with Crippen molar-refractivity contribution in [3.05, 3.63) is 103 Å². The summed E-state index contributed by atoms with van der Waals surface area (Å²) in [6.07, 6.45) is 1.55. The number of carbonyl (C=O) groups excluding carboxylic acids is 1. The second-order valence-corrected chi connectivity index (χ2v) is 9.48. The van der Waals surface area contributed by atoms with Crippen LogP contribution in [0.4, 0.5) is 5.69 Å². The van der Waals surface area contributed by atoms with Gasteiger partial charge in [0.05, 0.1) is 23.4 Å². The Morgan fingerprint density at radius 1 is 0.914 bits per heavy atom. The van der Waals surface area contributed by atoms with Crippen molar-refractivity contribution >= 4 is 38.6 Å². The summed E-state index contributed by atoms with van der Waals surface area (Å²) >= 11 is 0. The van der Waals surface area contributed by atoms with Crippen molar-refractivity contribution in [3.63, 3.8) is 0 Å². The average Bonchev–Trinajstić information content (AvgIpc) is 2.89. The molecule has 4 aromatic carbocycles. The number of nitrogens with zero attached hydrogens (tertiary/aromatic N) is 2. The number of carbonyl (C=O) groups is 1. The van der Waals surface area contributed by atoms with Crippen LogP contribution >= 0.6 is 0 Å². The highest BCUT2D eigenvalue weighted by Gasteiger charge is 2.27. The fraction of sp³-hybridized carbons (Fsp3) is 0.111. The molecule has 0 aliphatic rings. The Kier molecular flexibility index (Phi) is 7.42. The Labute approximate surface area is 204 Å². The Morgan fingerprint density at radius 2 is 1.60 bits per heavy atom. The second kappa shape index (κ2) is 10.8. The molecule has 0 fully saturated rings. The number of anilines is 1. The minimum absolute atomic E-state index is 0.0842. The monoisotopic (exact) mass is 487 g/mol. The maximum atomic E-state index is 13.4. The highest BCUT2D eigenvalue weighted by atomic mass is 32.2. The van der Waals surface area contributed by atoms with E-state index >= 15 is 0 Å². The molecule has 0 bridgehead atoms. The van der Waals surface area contributed by atoms with Gasteiger partial charge in [0.2, 0.25) is 0 Å². The van der Waals surface area contributed by atoms with E-state index < -0.39 is 22.5 Å². The van der Waals surface area contributed by atoms with Crippen molar-refractivity contribution in [3.8, 4) is 5.75 Å². The molecule has 1 amide bonds. The van der Waals surface area contributed by atoms with Gasteiger partial charge in [0.25, 0.3) is 15.9 Å². The summed E-state index contributed by atoms with van der Waals surface area (Å²) < 4.78 is 33.3. The lowest BCUT2D eigenvalue weighted by atomic mass is 10.1. The van der Waals surface area contributed by atoms with Gasteiger partial charge < -0.3 is 4.74 Å². The molecule has 35 heavy (non-hydrogen) atoms. The van der Waals surface area contributed by atoms with Crippen LogP contribution in [-0.4, -0.2) is 33.7 Å². The highest BCUT2D eigenvalue weighted by molar-refractivity contribution is 7.92. The molecule has 1 N–H and O–H groups in total. The fourth-order valence-electron chi connectivity index (χ4n) is 3.61. The molecule has 0 aliphatic heterocycles. The minimum atomic E-state index is -4.00. The number of nitrogens with one attached hydrogen (secondary N) is 1. The van der Waals surface area contributed by atoms with E-state index in [1.807, 2.05) is 49.4 Å². The summed E-state index contributed by atoms with van der Waals surface area (Å²) in [5.41, 5.74) is 3.63. The van der Waals surface area contributed by atoms with Crippen LogP contribution in [0.2, 0.25) is 0 Å². The summed E-state index contributed by atoms with van der Waals surface area (Å²) in [6.45, 7) is 1.91. The summed E-state index contributed by atoms with van der Waals surface area (Å²) in [6, 6.07) is 28.2. The van der Waals surface area contributed by atoms with E-state index in [0.29, 0.717) is 18.0 Å². The number of benzene rings is 4. The van der Waals surface area contributed by atoms with Gasteiger partial charge in [-0.2, -0.15) is 5.10 Å². The lowest BCUT2D eigenvalue weighted by Gasteiger charge is -2.24. The van der Waals surface area contributed by atoms with E-state index in [0.717, 1.165) is 20.6 Å². The molecular formula is C27H25N3O4S. The normalized spacial score (nSPS) is 11.5. The molecule has 0 saturated carbocycles. The first-order chi connectivity index (χ1) is 17.0. The van der Waals surface area contributed by atoms with Crippen molar-refractivity contribution in [2.45, 2.75) is 11.8 Å². The van der Waals surface area contributed by atoms with Crippen molar-refractivity contribution in [2.75, 3.05) is 17.5 Å². The molecule has 0 aromatic heterocycles. The summed E-state index contributed by atoms with van der Waals surface area (Å²) in [5, 5.41) is 6.12. The Hall–Kier alpha value is -4.17. The quantitative estimate of drug-likeness (QED) is 0.276. The number of rotatable bonds is 9. The zero-order chi connectivity index (χ0) is 24.7. The lowest BCUT2D eigenvalue weighted by Crippen LogP contribution is -2.39. The van der Waals surface area contributed by atoms with Crippen LogP contribution in [0.25, 0.3) is 10.8 Å². The third kappa shape index (κ3) is 5.67. The summed E-state index contributed by atoms with van der Waals surface area (Å²) in [5.74, 6) is 0.0346. The van der Waals surface area contributed by atoms with Gasteiger partial charge in [-0.25, -0.2) is 13.8 Å². The molecule has 4 aromatic rings. The van der Waals surface area contributed by atoms with E-state index in [1.54, 1.807) is 48.7 Å². The van der Waals surface area contributed by atoms with Crippen LogP contribution in [-0.2, 0) is 14.8 Å². The van der Waals surface area contributed by atoms with Gasteiger partial charge in [0, 0.05) is 5.56 Å². The molecule has 0 heterocycles. The van der Waals surface area contributed by atoms with Crippen LogP contribution < -0.4 is 14.5 Å². The number of sulfonamides is 1. The molecule has 7 nitrogen and oxygen atoms in total. The van der Waals surface area contributed by atoms with Crippen LogP contribution in [0, 0.1) is 0 Å². The molecule has 0 spiro atoms. The Bertz CT molecular complexity index is 1430. The van der Waals surface area contributed by atoms with E-state index in [-0.39, 0.29) is 4.90 Å². The molecule has 8 heteroatoms. The molecule has 0 radical (unpaired) electrons. The molecular weight excluding hydrogens is 462 g/mol. The van der Waals surface area contributed by atoms with Crippen LogP contribution in [0.5, 0.6) is 5.75 Å². The predicted molar refractivity (Wildman–Crippen MR) is 138 cm³/mol. The van der Waals surface area contributed by atoms with E-state index in [2.05, 4.69) is 10.5 Å². The fourth-order valence-corrected chi connectivity index (χ4v) is 5.05. The number of fused-ring (bicyclic) bond motifs is 1. The van der Waals surface area contributed by atoms with E-state index in [1.165, 1.54) is 12.1 Å². The first-order valence-electron chi connectivity index (χ1n) is 11.1. The number of amides is 1. The van der Waals surface area contributed by atoms with Crippen molar-refractivity contribution in [1.82, 2.24) is 5.43 Å². The standard InChI is InChI=1S/C27H25N3O4S/c1-2-34-24-17-15-23(16-18-24)30(35(32,33)25-12-4-3-5-13-25)20-27(31)29-28-19-22-11-8-10-21-9-6-7-14-26(21)22/h3-19H,2,20H2,1H3,(H,29,31)/b28-19-. The SMILES string of the molecule is CCOc1ccc(N(CC(=O)N/N=C\c2cccc3ccccc23)S(=O)(=O)c2ccccc2)cc1. The third-order valence-electron chi connectivity index (χ3n) is 5.27. The summed E-state index contributed by atoms with van der Waals surface area (Å²) in [4.78, 5) is 12.9. The van der Waals surface area contributed by atoms with E-state index in [4.69, 9.17) is 4.74 Å². The van der Waals surface area contributed by atoms with Gasteiger partial charge in [0.1, 0.15) is 12.3 Å². The number of hydrogen-bond acceptors (Lipinski definition) is 5. The van der Waals surface area contributed by atoms with Gasteiger partial charge in [-0.1, -0.05) is 60.7 Å². The molecule has 0 unspecified atom stereocenters. The number of ether oxygens (including phenoxy) is 1. The maximum absolute atomic E-state index is 13.4. The van der Waals surface area contributed by atoms with Crippen molar-refractivity contribution in [2.24, 2.45) is 5.10 Å². The number of hydrazone groups is 1. The Morgan fingerprint density at radius 3 is 2.34 bits per heavy atom. The van der Waals surface area contributed by atoms with Crippen LogP contribution in [0.3, 0.4) is 0 Å². The van der Waals surface area contributed by atoms with Gasteiger partial charge in [-0.3, -0.25) is 9.10 Å². The average molecular weight is 488 g/mol. The number of hydrogen-bond donors (Lipinski definition) is 1. The topological polar surface area (TPSA) is 88.1 Å². The highest BCUT2D eigenvalue weighted by Crippen LogP contribution is 2.25. The molecule has 0 atom stereocenters. The predicted octanol–water partition coefficient (Wildman–Crippen LogP) is 4.58. The van der Waals surface area contributed by atoms with Gasteiger partial charge in [0.15, 0.2) is 0 Å². The smallest absolute Gasteiger partial charge is 0.264 e. The van der Waals surface area contributed by atoms with Gasteiger partial charge >= 0.3 is 0 Å². The maximum Gasteiger partial charge on any atom is 0.264 e. The largest absolute Gasteiger partial charge is 0.494 e. The minimum Gasteiger partial charge on any atom is -0.494 e. The summed E-state index contributed by atoms with van der Waals surface area (Å²) in [7, 11) is -4.00. The van der Waals surface area contributed by atoms with E-state index in [9.17, 15) is 13.2 Å². The van der Waals surface area contributed by atoms with Crippen LogP contribution in [0.15, 0.2) is 107 Å². The van der Waals surface area contributed by atoms with Crippen molar-refractivity contribution in [1.29, 1.82) is 0 Å². The Balaban J connectivity index is 1.56. The molecule has 4 rings (SSSR count). The first-order valence-corrected chi connectivity index (χ1v) is 12.5. The van der Waals surface area contributed by atoms with Gasteiger partial charge in [-0.15, -0.1) is 0 Å². The molecule has 178 valence electrons. The zero-order valence-electron chi connectivity index (χ0n) is 19.2. The first kappa shape index (κ1) is 24.0. The molecule has 0 aliphatic carbocycles. The van der Waals surface area contributed by atoms with Gasteiger partial charge in [-0.05, 0) is 54.1 Å². The lowest BCUT2D eigenvalue weighted by molar-refractivity contribution is -0.119. The second-order valence-electron chi connectivity index (χ2n) is 7.61. The van der Waals surface area contributed by atoms with Crippen LogP contribution in [0.1, 0.15) is 12.5 Å². The third-order valence-corrected chi connectivity index (χ3v) is 7.06. The van der Waals surface area contributed by atoms with Crippen molar-refractivity contribution < 1.29 is 17.9 Å². The zero-order valence-corrected chi connectivity index (χ0v) is 20.0. The molecule has 0 saturated heterocycles.